The molecule has 3 N–H and O–H groups in total. The van der Waals surface area contributed by atoms with E-state index < -0.39 is 0 Å². The Morgan fingerprint density at radius 1 is 1.43 bits per heavy atom. The van der Waals surface area contributed by atoms with Crippen molar-refractivity contribution < 1.29 is 9.53 Å². The molecule has 6 heteroatoms. The molecule has 0 aliphatic carbocycles. The number of carbonyl (C=O) groups is 1. The monoisotopic (exact) mass is 305 g/mol. The normalized spacial score (nSPS) is 11.2. The number of nitrogens with two attached hydrogens (primary N) is 1. The van der Waals surface area contributed by atoms with Gasteiger partial charge in [0.2, 0.25) is 0 Å². The molecular formula is C15H19N3O2S. The van der Waals surface area contributed by atoms with E-state index in [9.17, 15) is 4.79 Å². The van der Waals surface area contributed by atoms with Gasteiger partial charge in [0.05, 0.1) is 5.69 Å². The molecule has 1 aromatic heterocycles. The van der Waals surface area contributed by atoms with Crippen molar-refractivity contribution in [3.63, 3.8) is 0 Å². The Bertz CT molecular complexity index is 632. The van der Waals surface area contributed by atoms with E-state index in [2.05, 4.69) is 31.1 Å². The summed E-state index contributed by atoms with van der Waals surface area (Å²) in [6, 6.07) is 6.97. The minimum absolute atomic E-state index is 0.0302. The second-order valence-corrected chi connectivity index (χ2v) is 6.56. The second-order valence-electron chi connectivity index (χ2n) is 5.70. The van der Waals surface area contributed by atoms with Crippen molar-refractivity contribution in [3.8, 4) is 5.75 Å². The van der Waals surface area contributed by atoms with Gasteiger partial charge in [-0.25, -0.2) is 4.98 Å². The molecule has 5 nitrogen and oxygen atoms in total. The molecule has 0 fully saturated rings. The minimum atomic E-state index is -0.243. The second kappa shape index (κ2) is 6.13. The fourth-order valence-electron chi connectivity index (χ4n) is 1.58. The summed E-state index contributed by atoms with van der Waals surface area (Å²) in [6.45, 7) is 6.16. The number of hydrogen-bond acceptors (Lipinski definition) is 5. The highest BCUT2D eigenvalue weighted by atomic mass is 32.1. The standard InChI is InChI=1S/C15H19N3O2S/c1-15(2,3)12-9-21-14(17-12)18-13(19)8-20-11-6-4-5-10(16)7-11/h4-7,9H,8,16H2,1-3H3,(H,17,18,19). The van der Waals surface area contributed by atoms with Gasteiger partial charge in [0, 0.05) is 22.5 Å². The van der Waals surface area contributed by atoms with Crippen LogP contribution in [0.2, 0.25) is 0 Å². The molecule has 0 aliphatic heterocycles. The van der Waals surface area contributed by atoms with Crippen LogP contribution in [0.3, 0.4) is 0 Å². The van der Waals surface area contributed by atoms with Crippen LogP contribution in [0.25, 0.3) is 0 Å². The highest BCUT2D eigenvalue weighted by Crippen LogP contribution is 2.26. The number of thiazole rings is 1. The van der Waals surface area contributed by atoms with Gasteiger partial charge in [0.1, 0.15) is 5.75 Å². The minimum Gasteiger partial charge on any atom is -0.484 e. The third-order valence-corrected chi connectivity index (χ3v) is 3.50. The Kier molecular flexibility index (Phi) is 4.47. The number of ether oxygens (including phenoxy) is 1. The first kappa shape index (κ1) is 15.3. The Balaban J connectivity index is 1.89. The molecule has 1 heterocycles. The molecule has 1 aromatic carbocycles. The molecular weight excluding hydrogens is 286 g/mol. The van der Waals surface area contributed by atoms with Crippen LogP contribution in [0.4, 0.5) is 10.8 Å². The average Bonchev–Trinajstić information content (AvgIpc) is 2.85. The van der Waals surface area contributed by atoms with E-state index in [0.717, 1.165) is 5.69 Å². The van der Waals surface area contributed by atoms with Crippen molar-refractivity contribution in [2.45, 2.75) is 26.2 Å². The molecule has 112 valence electrons. The number of anilines is 2. The first-order chi connectivity index (χ1) is 9.84. The van der Waals surface area contributed by atoms with Gasteiger partial charge in [-0.05, 0) is 12.1 Å². The van der Waals surface area contributed by atoms with Crippen molar-refractivity contribution in [1.29, 1.82) is 0 Å². The van der Waals surface area contributed by atoms with E-state index >= 15 is 0 Å². The fourth-order valence-corrected chi connectivity index (χ4v) is 2.54. The molecule has 0 bridgehead atoms. The zero-order valence-corrected chi connectivity index (χ0v) is 13.2. The van der Waals surface area contributed by atoms with Crippen LogP contribution in [-0.4, -0.2) is 17.5 Å². The lowest BCUT2D eigenvalue weighted by Gasteiger charge is -2.14. The molecule has 21 heavy (non-hydrogen) atoms. The summed E-state index contributed by atoms with van der Waals surface area (Å²) in [5, 5.41) is 5.27. The number of rotatable bonds is 4. The summed E-state index contributed by atoms with van der Waals surface area (Å²) in [7, 11) is 0. The predicted octanol–water partition coefficient (Wildman–Crippen LogP) is 3.04. The van der Waals surface area contributed by atoms with Crippen LogP contribution in [-0.2, 0) is 10.2 Å². The van der Waals surface area contributed by atoms with Crippen molar-refractivity contribution in [3.05, 3.63) is 35.3 Å². The fraction of sp³-hybridized carbons (Fsp3) is 0.333. The third kappa shape index (κ3) is 4.46. The van der Waals surface area contributed by atoms with Crippen LogP contribution in [0, 0.1) is 0 Å². The number of nitrogen functional groups attached to an aromatic ring is 1. The lowest BCUT2D eigenvalue weighted by molar-refractivity contribution is -0.118. The van der Waals surface area contributed by atoms with Crippen LogP contribution < -0.4 is 15.8 Å². The highest BCUT2D eigenvalue weighted by molar-refractivity contribution is 7.13. The summed E-state index contributed by atoms with van der Waals surface area (Å²) < 4.78 is 5.38. The number of carbonyl (C=O) groups excluding carboxylic acids is 1. The zero-order valence-electron chi connectivity index (χ0n) is 12.3. The van der Waals surface area contributed by atoms with E-state index in [-0.39, 0.29) is 17.9 Å². The predicted molar refractivity (Wildman–Crippen MR) is 85.8 cm³/mol. The number of nitrogens with zero attached hydrogens (tertiary/aromatic N) is 1. The van der Waals surface area contributed by atoms with Gasteiger partial charge in [-0.2, -0.15) is 0 Å². The summed E-state index contributed by atoms with van der Waals surface area (Å²) in [5.74, 6) is 0.326. The molecule has 0 radical (unpaired) electrons. The van der Waals surface area contributed by atoms with Crippen LogP contribution in [0.15, 0.2) is 29.6 Å². The number of nitrogens with one attached hydrogen (secondary N) is 1. The Morgan fingerprint density at radius 2 is 2.19 bits per heavy atom. The van der Waals surface area contributed by atoms with Gasteiger partial charge < -0.3 is 10.5 Å². The van der Waals surface area contributed by atoms with Gasteiger partial charge in [-0.1, -0.05) is 26.8 Å². The highest BCUT2D eigenvalue weighted by Gasteiger charge is 2.18. The Hall–Kier alpha value is -2.08. The van der Waals surface area contributed by atoms with E-state index in [1.807, 2.05) is 5.38 Å². The molecule has 2 rings (SSSR count). The van der Waals surface area contributed by atoms with Crippen molar-refractivity contribution in [2.24, 2.45) is 0 Å². The topological polar surface area (TPSA) is 77.2 Å². The van der Waals surface area contributed by atoms with E-state index in [1.165, 1.54) is 11.3 Å². The molecule has 0 saturated carbocycles. The average molecular weight is 305 g/mol. The molecule has 0 unspecified atom stereocenters. The van der Waals surface area contributed by atoms with E-state index in [0.29, 0.717) is 16.6 Å². The van der Waals surface area contributed by atoms with Crippen LogP contribution >= 0.6 is 11.3 Å². The summed E-state index contributed by atoms with van der Waals surface area (Å²) in [5.41, 5.74) is 7.17. The number of hydrogen-bond donors (Lipinski definition) is 2. The first-order valence-corrected chi connectivity index (χ1v) is 7.47. The zero-order chi connectivity index (χ0) is 15.5. The van der Waals surface area contributed by atoms with Gasteiger partial charge in [0.15, 0.2) is 11.7 Å². The van der Waals surface area contributed by atoms with Gasteiger partial charge >= 0.3 is 0 Å². The largest absolute Gasteiger partial charge is 0.484 e. The third-order valence-electron chi connectivity index (χ3n) is 2.75. The van der Waals surface area contributed by atoms with Crippen LogP contribution in [0.5, 0.6) is 5.75 Å². The SMILES string of the molecule is CC(C)(C)c1csc(NC(=O)COc2cccc(N)c2)n1. The Morgan fingerprint density at radius 3 is 2.81 bits per heavy atom. The molecule has 2 aromatic rings. The van der Waals surface area contributed by atoms with Crippen molar-refractivity contribution in [2.75, 3.05) is 17.7 Å². The van der Waals surface area contributed by atoms with Gasteiger partial charge in [0.25, 0.3) is 5.91 Å². The smallest absolute Gasteiger partial charge is 0.264 e. The van der Waals surface area contributed by atoms with Crippen LogP contribution in [0.1, 0.15) is 26.5 Å². The van der Waals surface area contributed by atoms with Gasteiger partial charge in [-0.3, -0.25) is 10.1 Å². The van der Waals surface area contributed by atoms with Crippen molar-refractivity contribution in [1.82, 2.24) is 4.98 Å². The maximum Gasteiger partial charge on any atom is 0.264 e. The quantitative estimate of drug-likeness (QED) is 0.851. The number of amides is 1. The van der Waals surface area contributed by atoms with Gasteiger partial charge in [-0.15, -0.1) is 11.3 Å². The molecule has 1 amide bonds. The maximum absolute atomic E-state index is 11.8. The maximum atomic E-state index is 11.8. The molecule has 0 spiro atoms. The summed E-state index contributed by atoms with van der Waals surface area (Å²) in [4.78, 5) is 16.2. The molecule has 0 atom stereocenters. The van der Waals surface area contributed by atoms with E-state index in [1.54, 1.807) is 24.3 Å². The van der Waals surface area contributed by atoms with E-state index in [4.69, 9.17) is 10.5 Å². The lowest BCUT2D eigenvalue weighted by Crippen LogP contribution is -2.20. The summed E-state index contributed by atoms with van der Waals surface area (Å²) >= 11 is 1.41. The number of aromatic nitrogens is 1. The van der Waals surface area contributed by atoms with Crippen molar-refractivity contribution >= 4 is 28.1 Å². The number of benzene rings is 1. The lowest BCUT2D eigenvalue weighted by atomic mass is 9.93. The summed E-state index contributed by atoms with van der Waals surface area (Å²) in [6.07, 6.45) is 0. The molecule has 0 saturated heterocycles. The molecule has 0 aliphatic rings. The first-order valence-electron chi connectivity index (χ1n) is 6.59. The Labute approximate surface area is 128 Å².